The van der Waals surface area contributed by atoms with Gasteiger partial charge in [0.2, 0.25) is 5.91 Å². The number of unbranched alkanes of at least 4 members (excludes halogenated alkanes) is 1. The van der Waals surface area contributed by atoms with Crippen molar-refractivity contribution in [2.24, 2.45) is 28.1 Å². The summed E-state index contributed by atoms with van der Waals surface area (Å²) < 4.78 is 0. The number of amides is 1. The van der Waals surface area contributed by atoms with Crippen molar-refractivity contribution in [3.8, 4) is 5.75 Å². The molecule has 0 spiro atoms. The fourth-order valence-electron chi connectivity index (χ4n) is 2.71. The summed E-state index contributed by atoms with van der Waals surface area (Å²) in [7, 11) is 1.72. The highest BCUT2D eigenvalue weighted by Gasteiger charge is 2.24. The number of aliphatic imine (C=N–C) groups is 1. The highest BCUT2D eigenvalue weighted by atomic mass is 16.3. The number of phenols is 1. The molecule has 26 heavy (non-hydrogen) atoms. The summed E-state index contributed by atoms with van der Waals surface area (Å²) in [5.41, 5.74) is 16.9. The molecule has 0 aliphatic carbocycles. The van der Waals surface area contributed by atoms with E-state index < -0.39 is 11.8 Å². The molecule has 0 saturated carbocycles. The maximum atomic E-state index is 12.5. The Morgan fingerprint density at radius 1 is 1.15 bits per heavy atom. The zero-order chi connectivity index (χ0) is 19.5. The van der Waals surface area contributed by atoms with E-state index in [1.807, 2.05) is 0 Å². The fourth-order valence-corrected chi connectivity index (χ4v) is 2.71. The number of aromatic hydroxyl groups is 1. The van der Waals surface area contributed by atoms with Crippen molar-refractivity contribution in [3.63, 3.8) is 0 Å². The van der Waals surface area contributed by atoms with Gasteiger partial charge in [0.15, 0.2) is 11.7 Å². The molecule has 0 bridgehead atoms. The summed E-state index contributed by atoms with van der Waals surface area (Å²) in [5.74, 6) is -0.920. The van der Waals surface area contributed by atoms with Crippen molar-refractivity contribution in [1.82, 2.24) is 5.32 Å². The number of ketones is 1. The number of carbonyl (C=O) groups excluding carboxylic acids is 2. The average molecular weight is 363 g/mol. The first-order valence-corrected chi connectivity index (χ1v) is 8.66. The molecule has 2 atom stereocenters. The maximum Gasteiger partial charge on any atom is 0.221 e. The third kappa shape index (κ3) is 7.98. The Morgan fingerprint density at radius 2 is 1.81 bits per heavy atom. The molecule has 8 heteroatoms. The molecule has 0 radical (unpaired) electrons. The summed E-state index contributed by atoms with van der Waals surface area (Å²) >= 11 is 0. The SMILES string of the molecule is CN[C@@H](CCCCN=C(N)N)C(=O)C[C@@H](Cc1ccc(O)cc1)C(N)=O. The standard InChI is InChI=1S/C18H29N5O3/c1-22-15(4-2-3-9-23-18(20)21)16(25)11-13(17(19)26)10-12-5-7-14(24)8-6-12/h5-8,13,15,22,24H,2-4,9-11H2,1H3,(H2,19,26)(H4,20,21,23)/t13-,15+/m1/s1. The monoisotopic (exact) mass is 363 g/mol. The number of guanidine groups is 1. The molecule has 144 valence electrons. The third-order valence-electron chi connectivity index (χ3n) is 4.20. The Bertz CT molecular complexity index is 612. The van der Waals surface area contributed by atoms with Crippen LogP contribution in [-0.2, 0) is 16.0 Å². The van der Waals surface area contributed by atoms with Crippen LogP contribution in [0.25, 0.3) is 0 Å². The molecule has 0 fully saturated rings. The van der Waals surface area contributed by atoms with Crippen LogP contribution in [0.1, 0.15) is 31.2 Å². The molecule has 1 aromatic rings. The zero-order valence-electron chi connectivity index (χ0n) is 15.1. The van der Waals surface area contributed by atoms with E-state index in [9.17, 15) is 14.7 Å². The number of primary amides is 1. The van der Waals surface area contributed by atoms with Gasteiger partial charge in [0.25, 0.3) is 0 Å². The van der Waals surface area contributed by atoms with Gasteiger partial charge in [-0.25, -0.2) is 0 Å². The van der Waals surface area contributed by atoms with Crippen molar-refractivity contribution in [2.75, 3.05) is 13.6 Å². The quantitative estimate of drug-likeness (QED) is 0.200. The van der Waals surface area contributed by atoms with E-state index in [0.29, 0.717) is 19.4 Å². The van der Waals surface area contributed by atoms with E-state index in [1.165, 1.54) is 0 Å². The number of likely N-dealkylation sites (N-methyl/N-ethyl adjacent to an activating group) is 1. The maximum absolute atomic E-state index is 12.5. The van der Waals surface area contributed by atoms with Gasteiger partial charge < -0.3 is 27.6 Å². The van der Waals surface area contributed by atoms with Crippen LogP contribution in [0, 0.1) is 5.92 Å². The van der Waals surface area contributed by atoms with Crippen LogP contribution in [-0.4, -0.2) is 42.4 Å². The summed E-state index contributed by atoms with van der Waals surface area (Å²) in [6, 6.07) is 6.18. The zero-order valence-corrected chi connectivity index (χ0v) is 15.1. The van der Waals surface area contributed by atoms with Gasteiger partial charge in [0, 0.05) is 18.9 Å². The van der Waals surface area contributed by atoms with Crippen LogP contribution < -0.4 is 22.5 Å². The average Bonchev–Trinajstić information content (AvgIpc) is 2.58. The number of nitrogens with one attached hydrogen (secondary N) is 1. The predicted molar refractivity (Wildman–Crippen MR) is 101 cm³/mol. The van der Waals surface area contributed by atoms with E-state index in [-0.39, 0.29) is 30.0 Å². The molecule has 0 unspecified atom stereocenters. The Kier molecular flexibility index (Phi) is 9.14. The summed E-state index contributed by atoms with van der Waals surface area (Å²) in [5, 5.41) is 12.3. The normalized spacial score (nSPS) is 13.0. The molecule has 0 aromatic heterocycles. The van der Waals surface area contributed by atoms with Crippen molar-refractivity contribution in [2.45, 2.75) is 38.1 Å². The van der Waals surface area contributed by atoms with Crippen LogP contribution in [0.4, 0.5) is 0 Å². The topological polar surface area (TPSA) is 157 Å². The van der Waals surface area contributed by atoms with Gasteiger partial charge in [-0.3, -0.25) is 14.6 Å². The highest BCUT2D eigenvalue weighted by molar-refractivity contribution is 5.89. The number of nitrogens with zero attached hydrogens (tertiary/aromatic N) is 1. The Morgan fingerprint density at radius 3 is 2.35 bits per heavy atom. The molecule has 1 aromatic carbocycles. The van der Waals surface area contributed by atoms with Crippen molar-refractivity contribution in [3.05, 3.63) is 29.8 Å². The highest BCUT2D eigenvalue weighted by Crippen LogP contribution is 2.17. The van der Waals surface area contributed by atoms with Crippen LogP contribution in [0.5, 0.6) is 5.75 Å². The minimum atomic E-state index is -0.579. The van der Waals surface area contributed by atoms with E-state index in [0.717, 1.165) is 18.4 Å². The van der Waals surface area contributed by atoms with Crippen molar-refractivity contribution >= 4 is 17.6 Å². The number of Topliss-reactive ketones (excluding diaryl/α,β-unsaturated/α-hetero) is 1. The lowest BCUT2D eigenvalue weighted by Crippen LogP contribution is -2.37. The Balaban J connectivity index is 2.56. The first-order chi connectivity index (χ1) is 12.3. The molecule has 1 rings (SSSR count). The first kappa shape index (κ1) is 21.4. The van der Waals surface area contributed by atoms with Gasteiger partial charge in [-0.05, 0) is 50.4 Å². The lowest BCUT2D eigenvalue weighted by atomic mass is 9.90. The second kappa shape index (κ2) is 11.1. The Labute approximate surface area is 153 Å². The molecule has 0 aliphatic rings. The van der Waals surface area contributed by atoms with Gasteiger partial charge in [-0.1, -0.05) is 12.1 Å². The van der Waals surface area contributed by atoms with Gasteiger partial charge in [0.1, 0.15) is 5.75 Å². The molecule has 8 N–H and O–H groups in total. The van der Waals surface area contributed by atoms with Crippen molar-refractivity contribution < 1.29 is 14.7 Å². The van der Waals surface area contributed by atoms with E-state index >= 15 is 0 Å². The molecular formula is C18H29N5O3. The lowest BCUT2D eigenvalue weighted by molar-refractivity contribution is -0.128. The molecule has 0 heterocycles. The van der Waals surface area contributed by atoms with Gasteiger partial charge >= 0.3 is 0 Å². The molecular weight excluding hydrogens is 334 g/mol. The fraction of sp³-hybridized carbons (Fsp3) is 0.500. The number of benzene rings is 1. The molecule has 1 amide bonds. The van der Waals surface area contributed by atoms with Gasteiger partial charge in [-0.15, -0.1) is 0 Å². The van der Waals surface area contributed by atoms with E-state index in [4.69, 9.17) is 17.2 Å². The summed E-state index contributed by atoms with van der Waals surface area (Å²) in [6.07, 6.45) is 2.64. The minimum absolute atomic E-state index is 0.0445. The number of hydrogen-bond donors (Lipinski definition) is 5. The number of hydrogen-bond acceptors (Lipinski definition) is 5. The van der Waals surface area contributed by atoms with E-state index in [1.54, 1.807) is 31.3 Å². The lowest BCUT2D eigenvalue weighted by Gasteiger charge is -2.18. The number of rotatable bonds is 12. The van der Waals surface area contributed by atoms with Gasteiger partial charge in [0.05, 0.1) is 6.04 Å². The minimum Gasteiger partial charge on any atom is -0.508 e. The largest absolute Gasteiger partial charge is 0.508 e. The summed E-state index contributed by atoms with van der Waals surface area (Å²) in [6.45, 7) is 0.526. The molecule has 0 saturated heterocycles. The number of carbonyl (C=O) groups is 2. The predicted octanol–water partition coefficient (Wildman–Crippen LogP) is 0.0271. The number of nitrogens with two attached hydrogens (primary N) is 3. The smallest absolute Gasteiger partial charge is 0.221 e. The molecule has 0 aliphatic heterocycles. The second-order valence-corrected chi connectivity index (χ2v) is 6.28. The van der Waals surface area contributed by atoms with Gasteiger partial charge in [-0.2, -0.15) is 0 Å². The Hall–Kier alpha value is -2.61. The first-order valence-electron chi connectivity index (χ1n) is 8.66. The van der Waals surface area contributed by atoms with Crippen LogP contribution in [0.15, 0.2) is 29.3 Å². The van der Waals surface area contributed by atoms with Crippen molar-refractivity contribution in [1.29, 1.82) is 0 Å². The van der Waals surface area contributed by atoms with E-state index in [2.05, 4.69) is 10.3 Å². The van der Waals surface area contributed by atoms with Crippen LogP contribution in [0.2, 0.25) is 0 Å². The number of phenolic OH excluding ortho intramolecular Hbond substituents is 1. The third-order valence-corrected chi connectivity index (χ3v) is 4.20. The van der Waals surface area contributed by atoms with Crippen LogP contribution in [0.3, 0.4) is 0 Å². The second-order valence-electron chi connectivity index (χ2n) is 6.28. The summed E-state index contributed by atoms with van der Waals surface area (Å²) in [4.78, 5) is 28.2. The molecule has 8 nitrogen and oxygen atoms in total. The van der Waals surface area contributed by atoms with Crippen LogP contribution >= 0.6 is 0 Å².